The van der Waals surface area contributed by atoms with Gasteiger partial charge in [0.2, 0.25) is 0 Å². The number of rotatable bonds is 15. The van der Waals surface area contributed by atoms with Crippen molar-refractivity contribution in [3.63, 3.8) is 0 Å². The molecule has 6 aromatic rings. The second kappa shape index (κ2) is 26.1. The van der Waals surface area contributed by atoms with E-state index < -0.39 is 0 Å². The largest absolute Gasteiger partial charge is 0.483 e. The maximum atomic E-state index is 13.6. The number of amides is 3. The predicted molar refractivity (Wildman–Crippen MR) is 306 cm³/mol. The molecular formula is C66H81N3O9. The first kappa shape index (κ1) is 58.7. The van der Waals surface area contributed by atoms with E-state index in [2.05, 4.69) is 115 Å². The first-order valence-electron chi connectivity index (χ1n) is 27.1. The van der Waals surface area contributed by atoms with Crippen LogP contribution in [0.25, 0.3) is 0 Å². The molecule has 6 aromatic carbocycles. The first-order chi connectivity index (χ1) is 37.0. The molecule has 12 heteroatoms. The zero-order valence-electron chi connectivity index (χ0n) is 48.1. The third-order valence-corrected chi connectivity index (χ3v) is 13.7. The van der Waals surface area contributed by atoms with Gasteiger partial charge >= 0.3 is 0 Å². The third-order valence-electron chi connectivity index (χ3n) is 13.7. The van der Waals surface area contributed by atoms with Gasteiger partial charge in [-0.2, -0.15) is 0 Å². The van der Waals surface area contributed by atoms with E-state index in [0.717, 1.165) is 83.5 Å². The van der Waals surface area contributed by atoms with Crippen molar-refractivity contribution in [2.45, 2.75) is 159 Å². The Hall–Kier alpha value is -6.99. The average molecular weight is 1060 g/mol. The van der Waals surface area contributed by atoms with Crippen LogP contribution in [0.5, 0.6) is 17.2 Å². The molecule has 12 nitrogen and oxygen atoms in total. The van der Waals surface area contributed by atoms with Crippen LogP contribution in [0.1, 0.15) is 146 Å². The van der Waals surface area contributed by atoms with Crippen LogP contribution in [-0.2, 0) is 104 Å². The number of benzene rings is 6. The molecule has 0 spiro atoms. The van der Waals surface area contributed by atoms with Crippen LogP contribution in [0.4, 0.5) is 0 Å². The number of carbonyl (C=O) groups excluding carboxylic acids is 3. The Morgan fingerprint density at radius 1 is 0.372 bits per heavy atom. The molecule has 0 saturated heterocycles. The summed E-state index contributed by atoms with van der Waals surface area (Å²) in [7, 11) is 0. The highest BCUT2D eigenvalue weighted by Crippen LogP contribution is 2.38. The summed E-state index contributed by atoms with van der Waals surface area (Å²) in [5, 5.41) is 9.05. The fourth-order valence-electron chi connectivity index (χ4n) is 8.86. The summed E-state index contributed by atoms with van der Waals surface area (Å²) in [6, 6.07) is 36.6. The summed E-state index contributed by atoms with van der Waals surface area (Å²) >= 11 is 0. The highest BCUT2D eigenvalue weighted by atomic mass is 16.5. The summed E-state index contributed by atoms with van der Waals surface area (Å²) < 4.78 is 39.9. The molecule has 3 amide bonds. The van der Waals surface area contributed by atoms with Gasteiger partial charge in [-0.25, -0.2) is 0 Å². The molecule has 1 aliphatic heterocycles. The molecule has 0 atom stereocenters. The molecule has 3 N–H and O–H groups in total. The van der Waals surface area contributed by atoms with Crippen molar-refractivity contribution in [1.82, 2.24) is 16.0 Å². The van der Waals surface area contributed by atoms with E-state index in [0.29, 0.717) is 36.9 Å². The maximum Gasteiger partial charge on any atom is 0.258 e. The number of carbonyl (C=O) groups is 3. The highest BCUT2D eigenvalue weighted by Gasteiger charge is 2.26. The van der Waals surface area contributed by atoms with E-state index in [1.54, 1.807) is 0 Å². The second-order valence-corrected chi connectivity index (χ2v) is 23.8. The maximum absolute atomic E-state index is 13.6. The molecule has 0 radical (unpaired) electrons. The van der Waals surface area contributed by atoms with Crippen molar-refractivity contribution < 1.29 is 42.8 Å². The quantitative estimate of drug-likeness (QED) is 0.0916. The fraction of sp³-hybridized carbons (Fsp3) is 0.409. The van der Waals surface area contributed by atoms with Gasteiger partial charge in [0.1, 0.15) is 17.2 Å². The topological polar surface area (TPSA) is 143 Å². The molecule has 1 heterocycles. The molecule has 7 rings (SSSR count). The van der Waals surface area contributed by atoms with Gasteiger partial charge in [-0.15, -0.1) is 0 Å². The lowest BCUT2D eigenvalue weighted by Gasteiger charge is -2.26. The lowest BCUT2D eigenvalue weighted by atomic mass is 9.84. The van der Waals surface area contributed by atoms with Crippen LogP contribution in [0.3, 0.4) is 0 Å². The lowest BCUT2D eigenvalue weighted by molar-refractivity contribution is -0.124. The molecule has 414 valence electrons. The van der Waals surface area contributed by atoms with Crippen LogP contribution >= 0.6 is 0 Å². The third kappa shape index (κ3) is 17.0. The van der Waals surface area contributed by atoms with Gasteiger partial charge in [0, 0.05) is 53.0 Å². The summed E-state index contributed by atoms with van der Waals surface area (Å²) in [6.45, 7) is 26.4. The van der Waals surface area contributed by atoms with Crippen LogP contribution in [0.15, 0.2) is 109 Å². The van der Waals surface area contributed by atoms with E-state index >= 15 is 0 Å². The van der Waals surface area contributed by atoms with Crippen LogP contribution in [0.2, 0.25) is 0 Å². The Kier molecular flexibility index (Phi) is 19.6. The van der Waals surface area contributed by atoms with Crippen LogP contribution in [0, 0.1) is 20.8 Å². The van der Waals surface area contributed by atoms with E-state index in [9.17, 15) is 14.4 Å². The van der Waals surface area contributed by atoms with Gasteiger partial charge in [-0.3, -0.25) is 14.4 Å². The standard InChI is InChI=1S/C66H81N3O9/c1-43-13-19-46(20-14-43)31-67-58(70)40-76-61-49-25-55(64(4,5)6)26-50(61)35-74-37-52-28-57(66(10,11)12)30-54(63(52)78-42-60(72)69-33-48-23-17-45(3)18-24-48)39-75-38-53-29-56(65(7,8)9)27-51(36-73-34-49)62(53)77-41-59(71)68-32-47-21-15-44(2)16-22-47/h13-30H,31-42H2,1-12H3,(H,67,70)(H,68,71)(H,69,72). The molecule has 1 aliphatic rings. The molecule has 0 fully saturated rings. The molecule has 0 aliphatic carbocycles. The minimum absolute atomic E-state index is 0.111. The molecular weight excluding hydrogens is 979 g/mol. The predicted octanol–water partition coefficient (Wildman–Crippen LogP) is 12.1. The zero-order chi connectivity index (χ0) is 56.2. The van der Waals surface area contributed by atoms with Gasteiger partial charge in [0.25, 0.3) is 17.7 Å². The van der Waals surface area contributed by atoms with Crippen molar-refractivity contribution >= 4 is 17.7 Å². The number of aryl methyl sites for hydroxylation is 3. The van der Waals surface area contributed by atoms with E-state index in [1.807, 2.05) is 93.6 Å². The Morgan fingerprint density at radius 2 is 0.577 bits per heavy atom. The molecule has 6 bridgehead atoms. The van der Waals surface area contributed by atoms with Gasteiger partial charge in [0.05, 0.1) is 39.6 Å². The Morgan fingerprint density at radius 3 is 0.769 bits per heavy atom. The van der Waals surface area contributed by atoms with Crippen LogP contribution < -0.4 is 30.2 Å². The molecule has 0 unspecified atom stereocenters. The van der Waals surface area contributed by atoms with Gasteiger partial charge in [-0.1, -0.05) is 152 Å². The summed E-state index contributed by atoms with van der Waals surface area (Å²) in [5.74, 6) is 0.620. The highest BCUT2D eigenvalue weighted by molar-refractivity contribution is 5.78. The van der Waals surface area contributed by atoms with Gasteiger partial charge < -0.3 is 44.4 Å². The minimum Gasteiger partial charge on any atom is -0.483 e. The minimum atomic E-state index is -0.293. The average Bonchev–Trinajstić information content (AvgIpc) is 3.49. The SMILES string of the molecule is Cc1ccc(CNC(=O)COc2c3cc(C(C)(C)C)cc2COCc2cc(C(C)(C)C)cc(c2OCC(=O)NCc2ccc(C)cc2)COCc2cc(C(C)(C)C)cc(c2OCC(=O)NCc2ccc(C)cc2)COC3)cc1. The Bertz CT molecular complexity index is 2610. The van der Waals surface area contributed by atoms with Crippen molar-refractivity contribution in [1.29, 1.82) is 0 Å². The lowest BCUT2D eigenvalue weighted by Crippen LogP contribution is -2.29. The van der Waals surface area contributed by atoms with E-state index in [4.69, 9.17) is 28.4 Å². The summed E-state index contributed by atoms with van der Waals surface area (Å²) in [4.78, 5) is 40.7. The molecule has 0 saturated carbocycles. The second-order valence-electron chi connectivity index (χ2n) is 23.8. The first-order valence-corrected chi connectivity index (χ1v) is 27.1. The number of ether oxygens (including phenoxy) is 6. The molecule has 0 aromatic heterocycles. The summed E-state index contributed by atoms with van der Waals surface area (Å²) in [5.41, 5.74) is 13.0. The van der Waals surface area contributed by atoms with Crippen molar-refractivity contribution in [2.75, 3.05) is 19.8 Å². The number of hydrogen-bond donors (Lipinski definition) is 3. The normalized spacial score (nSPS) is 13.4. The van der Waals surface area contributed by atoms with Gasteiger partial charge in [0.15, 0.2) is 19.8 Å². The zero-order valence-corrected chi connectivity index (χ0v) is 48.1. The van der Waals surface area contributed by atoms with Crippen LogP contribution in [-0.4, -0.2) is 37.5 Å². The van der Waals surface area contributed by atoms with Crippen molar-refractivity contribution in [2.24, 2.45) is 0 Å². The van der Waals surface area contributed by atoms with Gasteiger partial charge in [-0.05, 0) is 107 Å². The van der Waals surface area contributed by atoms with E-state index in [-0.39, 0.29) is 93.4 Å². The van der Waals surface area contributed by atoms with Crippen molar-refractivity contribution in [3.05, 3.63) is 193 Å². The van der Waals surface area contributed by atoms with Crippen molar-refractivity contribution in [3.8, 4) is 17.2 Å². The molecule has 78 heavy (non-hydrogen) atoms. The number of hydrogen-bond acceptors (Lipinski definition) is 9. The number of fused-ring (bicyclic) bond motifs is 6. The monoisotopic (exact) mass is 1060 g/mol. The fourth-order valence-corrected chi connectivity index (χ4v) is 8.86. The smallest absolute Gasteiger partial charge is 0.258 e. The van der Waals surface area contributed by atoms with E-state index in [1.165, 1.54) is 0 Å². The Balaban J connectivity index is 1.29. The summed E-state index contributed by atoms with van der Waals surface area (Å²) in [6.07, 6.45) is 0. The Labute approximate surface area is 462 Å². The number of nitrogens with one attached hydrogen (secondary N) is 3.